The minimum Gasteiger partial charge on any atom is -0.383 e. The van der Waals surface area contributed by atoms with Crippen LogP contribution >= 0.6 is 0 Å². The molecular formula is C16H19N3. The van der Waals surface area contributed by atoms with Gasteiger partial charge in [0.15, 0.2) is 0 Å². The molecule has 0 amide bonds. The van der Waals surface area contributed by atoms with Crippen LogP contribution in [0.15, 0.2) is 42.6 Å². The lowest BCUT2D eigenvalue weighted by molar-refractivity contribution is 0.397. The third-order valence-corrected chi connectivity index (χ3v) is 4.07. The third kappa shape index (κ3) is 2.22. The van der Waals surface area contributed by atoms with Crippen LogP contribution in [0.4, 0.5) is 5.82 Å². The molecule has 1 aliphatic rings. The maximum atomic E-state index is 6.02. The average molecular weight is 253 g/mol. The molecule has 1 aromatic heterocycles. The monoisotopic (exact) mass is 253 g/mol. The van der Waals surface area contributed by atoms with Gasteiger partial charge in [0.25, 0.3) is 0 Å². The number of hydrogen-bond acceptors (Lipinski definition) is 3. The molecule has 3 nitrogen and oxygen atoms in total. The minimum absolute atomic E-state index is 0.265. The molecule has 0 saturated carbocycles. The topological polar surface area (TPSA) is 50.9 Å². The van der Waals surface area contributed by atoms with E-state index >= 15 is 0 Å². The molecule has 3 heteroatoms. The van der Waals surface area contributed by atoms with E-state index in [0.29, 0.717) is 11.7 Å². The molecule has 0 spiro atoms. The van der Waals surface area contributed by atoms with E-state index in [2.05, 4.69) is 40.6 Å². The summed E-state index contributed by atoms with van der Waals surface area (Å²) in [6.07, 6.45) is 3.96. The first-order valence-electron chi connectivity index (χ1n) is 6.74. The Balaban J connectivity index is 1.88. The molecule has 0 fully saturated rings. The molecule has 1 aromatic carbocycles. The molecule has 0 aliphatic heterocycles. The van der Waals surface area contributed by atoms with Crippen molar-refractivity contribution in [3.63, 3.8) is 0 Å². The van der Waals surface area contributed by atoms with Gasteiger partial charge in [-0.15, -0.1) is 0 Å². The van der Waals surface area contributed by atoms with Crippen molar-refractivity contribution in [2.75, 3.05) is 12.8 Å². The van der Waals surface area contributed by atoms with Crippen LogP contribution in [0.25, 0.3) is 0 Å². The second-order valence-electron chi connectivity index (χ2n) is 5.18. The van der Waals surface area contributed by atoms with E-state index < -0.39 is 0 Å². The highest BCUT2D eigenvalue weighted by Crippen LogP contribution is 2.36. The highest BCUT2D eigenvalue weighted by Gasteiger charge is 2.29. The number of aromatic nitrogens is 1. The van der Waals surface area contributed by atoms with Crippen molar-refractivity contribution in [3.8, 4) is 0 Å². The standard InChI is InChI=1S/C16H19N3/c1-18-15(14-7-4-8-19-16(14)17)13-9-11-5-2-3-6-12(11)10-13/h2-8,13,15,18H,9-10H2,1H3,(H2,17,19). The molecule has 19 heavy (non-hydrogen) atoms. The lowest BCUT2D eigenvalue weighted by Gasteiger charge is -2.24. The van der Waals surface area contributed by atoms with Gasteiger partial charge in [0.1, 0.15) is 5.82 Å². The van der Waals surface area contributed by atoms with E-state index in [1.54, 1.807) is 6.20 Å². The van der Waals surface area contributed by atoms with Crippen molar-refractivity contribution in [3.05, 3.63) is 59.3 Å². The third-order valence-electron chi connectivity index (χ3n) is 4.07. The van der Waals surface area contributed by atoms with Gasteiger partial charge in [-0.2, -0.15) is 0 Å². The summed E-state index contributed by atoms with van der Waals surface area (Å²) in [5.74, 6) is 1.19. The fourth-order valence-corrected chi connectivity index (χ4v) is 3.17. The van der Waals surface area contributed by atoms with Crippen LogP contribution in [0.2, 0.25) is 0 Å². The number of rotatable bonds is 3. The first-order valence-corrected chi connectivity index (χ1v) is 6.74. The van der Waals surface area contributed by atoms with E-state index in [4.69, 9.17) is 5.73 Å². The summed E-state index contributed by atoms with van der Waals surface area (Å²) in [5.41, 5.74) is 10.1. The van der Waals surface area contributed by atoms with Crippen LogP contribution in [0.3, 0.4) is 0 Å². The number of nitrogens with zero attached hydrogens (tertiary/aromatic N) is 1. The zero-order valence-corrected chi connectivity index (χ0v) is 11.1. The van der Waals surface area contributed by atoms with Crippen molar-refractivity contribution in [2.24, 2.45) is 5.92 Å². The molecule has 0 saturated heterocycles. The number of hydrogen-bond donors (Lipinski definition) is 2. The fourth-order valence-electron chi connectivity index (χ4n) is 3.17. The normalized spacial score (nSPS) is 16.3. The van der Waals surface area contributed by atoms with Gasteiger partial charge in [-0.25, -0.2) is 4.98 Å². The summed E-state index contributed by atoms with van der Waals surface area (Å²) in [6.45, 7) is 0. The average Bonchev–Trinajstić information content (AvgIpc) is 2.85. The minimum atomic E-state index is 0.265. The van der Waals surface area contributed by atoms with Gasteiger partial charge in [-0.05, 0) is 43.0 Å². The Morgan fingerprint density at radius 1 is 1.16 bits per heavy atom. The molecule has 1 atom stereocenters. The lowest BCUT2D eigenvalue weighted by Crippen LogP contribution is -2.26. The van der Waals surface area contributed by atoms with Crippen LogP contribution < -0.4 is 11.1 Å². The van der Waals surface area contributed by atoms with Crippen molar-refractivity contribution >= 4 is 5.82 Å². The fraction of sp³-hybridized carbons (Fsp3) is 0.312. The molecule has 0 radical (unpaired) electrons. The summed E-state index contributed by atoms with van der Waals surface area (Å²) in [4.78, 5) is 4.21. The lowest BCUT2D eigenvalue weighted by atomic mass is 9.91. The van der Waals surface area contributed by atoms with Gasteiger partial charge >= 0.3 is 0 Å². The highest BCUT2D eigenvalue weighted by molar-refractivity contribution is 5.43. The van der Waals surface area contributed by atoms with E-state index in [1.807, 2.05) is 13.1 Å². The first-order chi connectivity index (χ1) is 9.29. The number of fused-ring (bicyclic) bond motifs is 1. The molecule has 2 aromatic rings. The quantitative estimate of drug-likeness (QED) is 0.882. The molecule has 3 rings (SSSR count). The maximum Gasteiger partial charge on any atom is 0.128 e. The van der Waals surface area contributed by atoms with Gasteiger partial charge in [0, 0.05) is 17.8 Å². The van der Waals surface area contributed by atoms with Gasteiger partial charge in [0.05, 0.1) is 0 Å². The molecule has 98 valence electrons. The van der Waals surface area contributed by atoms with E-state index in [-0.39, 0.29) is 6.04 Å². The molecule has 1 aliphatic carbocycles. The van der Waals surface area contributed by atoms with Gasteiger partial charge in [-0.3, -0.25) is 0 Å². The number of pyridine rings is 1. The van der Waals surface area contributed by atoms with E-state index in [0.717, 1.165) is 18.4 Å². The van der Waals surface area contributed by atoms with Crippen LogP contribution in [0.1, 0.15) is 22.7 Å². The molecule has 0 bridgehead atoms. The molecular weight excluding hydrogens is 234 g/mol. The maximum absolute atomic E-state index is 6.02. The van der Waals surface area contributed by atoms with Crippen molar-refractivity contribution < 1.29 is 0 Å². The van der Waals surface area contributed by atoms with E-state index in [9.17, 15) is 0 Å². The molecule has 1 unspecified atom stereocenters. The first kappa shape index (κ1) is 12.2. The number of nitrogens with one attached hydrogen (secondary N) is 1. The predicted molar refractivity (Wildman–Crippen MR) is 77.8 cm³/mol. The van der Waals surface area contributed by atoms with Crippen LogP contribution in [0, 0.1) is 5.92 Å². The Morgan fingerprint density at radius 2 is 1.84 bits per heavy atom. The van der Waals surface area contributed by atoms with E-state index in [1.165, 1.54) is 11.1 Å². The van der Waals surface area contributed by atoms with Crippen molar-refractivity contribution in [1.29, 1.82) is 0 Å². The van der Waals surface area contributed by atoms with Gasteiger partial charge in [-0.1, -0.05) is 30.3 Å². The summed E-state index contributed by atoms with van der Waals surface area (Å²) >= 11 is 0. The van der Waals surface area contributed by atoms with Gasteiger partial charge < -0.3 is 11.1 Å². The highest BCUT2D eigenvalue weighted by atomic mass is 14.9. The number of benzene rings is 1. The zero-order valence-electron chi connectivity index (χ0n) is 11.1. The predicted octanol–water partition coefficient (Wildman–Crippen LogP) is 2.34. The second-order valence-corrected chi connectivity index (χ2v) is 5.18. The van der Waals surface area contributed by atoms with Crippen LogP contribution in [0.5, 0.6) is 0 Å². The Hall–Kier alpha value is -1.87. The van der Waals surface area contributed by atoms with Crippen LogP contribution in [-0.2, 0) is 12.8 Å². The summed E-state index contributed by atoms with van der Waals surface area (Å²) < 4.78 is 0. The number of nitrogens with two attached hydrogens (primary N) is 1. The Labute approximate surface area is 113 Å². The summed E-state index contributed by atoms with van der Waals surface area (Å²) in [5, 5.41) is 3.42. The Bertz CT molecular complexity index is 555. The summed E-state index contributed by atoms with van der Waals surface area (Å²) in [7, 11) is 2.00. The second kappa shape index (κ2) is 5.02. The number of anilines is 1. The molecule has 3 N–H and O–H groups in total. The Morgan fingerprint density at radius 3 is 2.42 bits per heavy atom. The van der Waals surface area contributed by atoms with Crippen LogP contribution in [-0.4, -0.2) is 12.0 Å². The molecule has 1 heterocycles. The van der Waals surface area contributed by atoms with Crippen molar-refractivity contribution in [1.82, 2.24) is 10.3 Å². The smallest absolute Gasteiger partial charge is 0.128 e. The SMILES string of the molecule is CNC(c1cccnc1N)C1Cc2ccccc2C1. The van der Waals surface area contributed by atoms with Crippen molar-refractivity contribution in [2.45, 2.75) is 18.9 Å². The number of nitrogen functional groups attached to an aromatic ring is 1. The largest absolute Gasteiger partial charge is 0.383 e. The summed E-state index contributed by atoms with van der Waals surface area (Å²) in [6, 6.07) is 13.0. The Kier molecular flexibility index (Phi) is 3.22. The van der Waals surface area contributed by atoms with Gasteiger partial charge in [0.2, 0.25) is 0 Å². The zero-order chi connectivity index (χ0) is 13.2.